The molecule has 1 aliphatic rings. The molecule has 4 rings (SSSR count). The second kappa shape index (κ2) is 8.16. The van der Waals surface area contributed by atoms with Crippen LogP contribution in [0.15, 0.2) is 45.8 Å². The molecular formula is C20H18ClFN4O3. The molecule has 1 aliphatic heterocycles. The molecule has 2 aromatic heterocycles. The molecule has 0 bridgehead atoms. The number of H-pyrrole nitrogens is 1. The highest BCUT2D eigenvalue weighted by molar-refractivity contribution is 6.30. The fourth-order valence-corrected chi connectivity index (χ4v) is 3.69. The van der Waals surface area contributed by atoms with E-state index in [9.17, 15) is 14.0 Å². The molecule has 0 spiro atoms. The molecule has 3 aromatic rings. The van der Waals surface area contributed by atoms with E-state index in [0.29, 0.717) is 31.0 Å². The van der Waals surface area contributed by atoms with Gasteiger partial charge in [-0.25, -0.2) is 4.39 Å². The molecule has 9 heteroatoms. The first kappa shape index (κ1) is 19.3. The van der Waals surface area contributed by atoms with Crippen LogP contribution in [0.4, 0.5) is 4.39 Å². The Hall–Kier alpha value is -3.00. The maximum atomic E-state index is 13.9. The first-order valence-electron chi connectivity index (χ1n) is 9.26. The summed E-state index contributed by atoms with van der Waals surface area (Å²) in [6.07, 6.45) is 3.62. The molecule has 3 heterocycles. The molecule has 7 nitrogen and oxygen atoms in total. The van der Waals surface area contributed by atoms with Crippen LogP contribution in [0.25, 0.3) is 11.4 Å². The third kappa shape index (κ3) is 4.22. The normalized spacial score (nSPS) is 16.8. The van der Waals surface area contributed by atoms with Crippen LogP contribution in [0.1, 0.15) is 29.1 Å². The van der Waals surface area contributed by atoms with E-state index in [0.717, 1.165) is 12.8 Å². The van der Waals surface area contributed by atoms with Gasteiger partial charge in [0, 0.05) is 25.7 Å². The largest absolute Gasteiger partial charge is 0.339 e. The molecule has 1 fully saturated rings. The zero-order valence-corrected chi connectivity index (χ0v) is 16.2. The maximum absolute atomic E-state index is 13.9. The summed E-state index contributed by atoms with van der Waals surface area (Å²) in [5, 5.41) is 3.86. The predicted octanol–water partition coefficient (Wildman–Crippen LogP) is 3.31. The van der Waals surface area contributed by atoms with Gasteiger partial charge in [-0.15, -0.1) is 0 Å². The lowest BCUT2D eigenvalue weighted by atomic mass is 9.94. The number of hydrogen-bond donors (Lipinski definition) is 1. The van der Waals surface area contributed by atoms with Gasteiger partial charge in [-0.1, -0.05) is 28.9 Å². The number of nitrogens with one attached hydrogen (secondary N) is 1. The third-order valence-electron chi connectivity index (χ3n) is 4.96. The van der Waals surface area contributed by atoms with Crippen LogP contribution in [0.3, 0.4) is 0 Å². The number of halogens is 2. The van der Waals surface area contributed by atoms with Crippen LogP contribution in [-0.2, 0) is 6.42 Å². The minimum Gasteiger partial charge on any atom is -0.339 e. The predicted molar refractivity (Wildman–Crippen MR) is 104 cm³/mol. The van der Waals surface area contributed by atoms with Crippen LogP contribution in [0, 0.1) is 11.7 Å². The summed E-state index contributed by atoms with van der Waals surface area (Å²) in [7, 11) is 0. The lowest BCUT2D eigenvalue weighted by molar-refractivity contribution is 0.0667. The summed E-state index contributed by atoms with van der Waals surface area (Å²) >= 11 is 5.83. The highest BCUT2D eigenvalue weighted by Gasteiger charge is 2.27. The van der Waals surface area contributed by atoms with Crippen LogP contribution >= 0.6 is 11.6 Å². The molecule has 1 N–H and O–H groups in total. The summed E-state index contributed by atoms with van der Waals surface area (Å²) in [6.45, 7) is 1.14. The van der Waals surface area contributed by atoms with Crippen LogP contribution in [0.2, 0.25) is 5.02 Å². The molecule has 0 saturated carbocycles. The topological polar surface area (TPSA) is 92.1 Å². The summed E-state index contributed by atoms with van der Waals surface area (Å²) in [5.74, 6) is 0.165. The van der Waals surface area contributed by atoms with Crippen molar-refractivity contribution in [1.82, 2.24) is 20.0 Å². The molecule has 150 valence electrons. The van der Waals surface area contributed by atoms with E-state index in [2.05, 4.69) is 15.1 Å². The van der Waals surface area contributed by atoms with E-state index >= 15 is 0 Å². The monoisotopic (exact) mass is 416 g/mol. The standard InChI is InChI=1S/C20H18ClFN4O3/c21-15-9-13(10-23-19(15)27)20(28)26-7-3-4-12(11-26)8-17-24-18(25-29-17)14-5-1-2-6-16(14)22/h1-2,5-6,9-10,12H,3-4,7-8,11H2,(H,23,27). The summed E-state index contributed by atoms with van der Waals surface area (Å²) in [4.78, 5) is 32.6. The van der Waals surface area contributed by atoms with Gasteiger partial charge in [0.2, 0.25) is 11.7 Å². The van der Waals surface area contributed by atoms with Gasteiger partial charge in [-0.2, -0.15) is 4.98 Å². The molecule has 29 heavy (non-hydrogen) atoms. The van der Waals surface area contributed by atoms with Crippen molar-refractivity contribution >= 4 is 17.5 Å². The number of piperidine rings is 1. The number of aromatic nitrogens is 3. The van der Waals surface area contributed by atoms with Crippen LogP contribution < -0.4 is 5.56 Å². The van der Waals surface area contributed by atoms with Crippen molar-refractivity contribution in [3.8, 4) is 11.4 Å². The van der Waals surface area contributed by atoms with E-state index in [-0.39, 0.29) is 28.2 Å². The molecule has 1 unspecified atom stereocenters. The first-order valence-corrected chi connectivity index (χ1v) is 9.64. The van der Waals surface area contributed by atoms with Gasteiger partial charge in [-0.05, 0) is 37.0 Å². The van der Waals surface area contributed by atoms with Crippen molar-refractivity contribution in [1.29, 1.82) is 0 Å². The molecule has 0 aliphatic carbocycles. The number of carbonyl (C=O) groups excluding carboxylic acids is 1. The summed E-state index contributed by atoms with van der Waals surface area (Å²) in [6, 6.07) is 7.63. The average molecular weight is 417 g/mol. The Balaban J connectivity index is 1.44. The van der Waals surface area contributed by atoms with Crippen LogP contribution in [0.5, 0.6) is 0 Å². The second-order valence-corrected chi connectivity index (χ2v) is 7.43. The van der Waals surface area contributed by atoms with Crippen molar-refractivity contribution in [2.45, 2.75) is 19.3 Å². The third-order valence-corrected chi connectivity index (χ3v) is 5.24. The van der Waals surface area contributed by atoms with Crippen molar-refractivity contribution in [3.63, 3.8) is 0 Å². The minimum atomic E-state index is -0.429. The van der Waals surface area contributed by atoms with Crippen LogP contribution in [-0.4, -0.2) is 39.0 Å². The zero-order chi connectivity index (χ0) is 20.4. The number of pyridine rings is 1. The SMILES string of the molecule is O=C(c1c[nH]c(=O)c(Cl)c1)N1CCCC(Cc2nc(-c3ccccc3F)no2)C1. The Kier molecular flexibility index (Phi) is 5.44. The number of carbonyl (C=O) groups is 1. The molecule has 1 atom stereocenters. The van der Waals surface area contributed by atoms with Crippen molar-refractivity contribution in [3.05, 3.63) is 69.2 Å². The molecule has 1 amide bonds. The zero-order valence-electron chi connectivity index (χ0n) is 15.4. The summed E-state index contributed by atoms with van der Waals surface area (Å²) < 4.78 is 19.2. The number of aromatic amines is 1. The highest BCUT2D eigenvalue weighted by Crippen LogP contribution is 2.24. The Morgan fingerprint density at radius 3 is 3.00 bits per heavy atom. The lowest BCUT2D eigenvalue weighted by Gasteiger charge is -2.32. The van der Waals surface area contributed by atoms with Gasteiger partial charge < -0.3 is 14.4 Å². The fourth-order valence-electron chi connectivity index (χ4n) is 3.51. The number of benzene rings is 1. The number of likely N-dealkylation sites (tertiary alicyclic amines) is 1. The van der Waals surface area contributed by atoms with E-state index in [1.54, 1.807) is 23.1 Å². The lowest BCUT2D eigenvalue weighted by Crippen LogP contribution is -2.40. The molecule has 0 radical (unpaired) electrons. The molecule has 1 aromatic carbocycles. The van der Waals surface area contributed by atoms with Crippen molar-refractivity contribution in [2.24, 2.45) is 5.92 Å². The number of nitrogens with zero attached hydrogens (tertiary/aromatic N) is 3. The molecule has 1 saturated heterocycles. The Morgan fingerprint density at radius 2 is 2.21 bits per heavy atom. The number of amides is 1. The van der Waals surface area contributed by atoms with Gasteiger partial charge >= 0.3 is 0 Å². The number of rotatable bonds is 4. The second-order valence-electron chi connectivity index (χ2n) is 7.02. The molecular weight excluding hydrogens is 399 g/mol. The van der Waals surface area contributed by atoms with E-state index in [4.69, 9.17) is 16.1 Å². The smallest absolute Gasteiger partial charge is 0.266 e. The Bertz CT molecular complexity index is 1100. The van der Waals surface area contributed by atoms with Crippen molar-refractivity contribution in [2.75, 3.05) is 13.1 Å². The Morgan fingerprint density at radius 1 is 1.38 bits per heavy atom. The fraction of sp³-hybridized carbons (Fsp3) is 0.300. The van der Waals surface area contributed by atoms with Gasteiger partial charge in [0.15, 0.2) is 0 Å². The first-order chi connectivity index (χ1) is 14.0. The quantitative estimate of drug-likeness (QED) is 0.704. The highest BCUT2D eigenvalue weighted by atomic mass is 35.5. The maximum Gasteiger partial charge on any atom is 0.266 e. The van der Waals surface area contributed by atoms with Gasteiger partial charge in [0.05, 0.1) is 11.1 Å². The van der Waals surface area contributed by atoms with Crippen molar-refractivity contribution < 1.29 is 13.7 Å². The van der Waals surface area contributed by atoms with Gasteiger partial charge in [0.25, 0.3) is 11.5 Å². The number of hydrogen-bond acceptors (Lipinski definition) is 5. The van der Waals surface area contributed by atoms with Gasteiger partial charge in [0.1, 0.15) is 10.8 Å². The van der Waals surface area contributed by atoms with E-state index in [1.165, 1.54) is 18.3 Å². The van der Waals surface area contributed by atoms with Gasteiger partial charge in [-0.3, -0.25) is 9.59 Å². The summed E-state index contributed by atoms with van der Waals surface area (Å²) in [5.41, 5.74) is 0.203. The average Bonchev–Trinajstić information content (AvgIpc) is 3.18. The minimum absolute atomic E-state index is 0.0176. The Labute approximate surface area is 170 Å². The van der Waals surface area contributed by atoms with E-state index < -0.39 is 11.4 Å². The van der Waals surface area contributed by atoms with E-state index in [1.807, 2.05) is 0 Å².